The first-order valence-electron chi connectivity index (χ1n) is 9.84. The van der Waals surface area contributed by atoms with Gasteiger partial charge in [0.2, 0.25) is 5.91 Å². The second kappa shape index (κ2) is 11.5. The molecule has 0 aliphatic carbocycles. The van der Waals surface area contributed by atoms with E-state index in [-0.39, 0.29) is 11.0 Å². The number of carbonyl (C=O) groups excluding carboxylic acids is 1. The van der Waals surface area contributed by atoms with Gasteiger partial charge < -0.3 is 14.8 Å². The number of carbonyl (C=O) groups is 1. The van der Waals surface area contributed by atoms with Gasteiger partial charge in [0.05, 0.1) is 13.7 Å². The molecule has 3 rings (SSSR count). The van der Waals surface area contributed by atoms with Gasteiger partial charge in [0.15, 0.2) is 5.11 Å². The summed E-state index contributed by atoms with van der Waals surface area (Å²) in [5.74, 6) is 1.08. The number of hydrogen-bond acceptors (Lipinski definition) is 4. The van der Waals surface area contributed by atoms with E-state index in [1.54, 1.807) is 13.2 Å². The lowest BCUT2D eigenvalue weighted by Gasteiger charge is -2.11. The lowest BCUT2D eigenvalue weighted by atomic mass is 10.2. The molecule has 0 radical (unpaired) electrons. The fourth-order valence-electron chi connectivity index (χ4n) is 2.88. The smallest absolute Gasteiger partial charge is 0.250 e. The van der Waals surface area contributed by atoms with Crippen LogP contribution in [0, 0.1) is 0 Å². The monoisotopic (exact) mass is 432 g/mol. The summed E-state index contributed by atoms with van der Waals surface area (Å²) in [6.07, 6.45) is 3.92. The Bertz CT molecular complexity index is 1050. The molecular formula is C25H24N2O3S. The van der Waals surface area contributed by atoms with Gasteiger partial charge >= 0.3 is 0 Å². The van der Waals surface area contributed by atoms with Crippen LogP contribution in [0.25, 0.3) is 6.08 Å². The maximum atomic E-state index is 12.2. The van der Waals surface area contributed by atoms with Crippen molar-refractivity contribution in [1.29, 1.82) is 0 Å². The summed E-state index contributed by atoms with van der Waals surface area (Å²) < 4.78 is 11.1. The first-order valence-corrected chi connectivity index (χ1v) is 10.2. The van der Waals surface area contributed by atoms with Crippen molar-refractivity contribution in [2.24, 2.45) is 0 Å². The highest BCUT2D eigenvalue weighted by molar-refractivity contribution is 7.80. The Morgan fingerprint density at radius 2 is 1.77 bits per heavy atom. The lowest BCUT2D eigenvalue weighted by molar-refractivity contribution is -0.115. The van der Waals surface area contributed by atoms with E-state index in [9.17, 15) is 4.79 Å². The van der Waals surface area contributed by atoms with Gasteiger partial charge in [0.1, 0.15) is 11.5 Å². The highest BCUT2D eigenvalue weighted by Gasteiger charge is 2.04. The predicted molar refractivity (Wildman–Crippen MR) is 128 cm³/mol. The predicted octanol–water partition coefficient (Wildman–Crippen LogP) is 4.84. The van der Waals surface area contributed by atoms with Crippen molar-refractivity contribution >= 4 is 35.0 Å². The topological polar surface area (TPSA) is 59.6 Å². The summed E-state index contributed by atoms with van der Waals surface area (Å²) in [6.45, 7) is 0.572. The summed E-state index contributed by atoms with van der Waals surface area (Å²) in [4.78, 5) is 12.2. The molecule has 31 heavy (non-hydrogen) atoms. The molecule has 3 aromatic carbocycles. The molecule has 0 aliphatic heterocycles. The number of hydrogen-bond donors (Lipinski definition) is 2. The van der Waals surface area contributed by atoms with Crippen molar-refractivity contribution < 1.29 is 14.3 Å². The number of para-hydroxylation sites is 1. The minimum absolute atomic E-state index is 0.205. The molecule has 2 N–H and O–H groups in total. The number of amides is 1. The fourth-order valence-corrected chi connectivity index (χ4v) is 3.10. The second-order valence-corrected chi connectivity index (χ2v) is 7.04. The first kappa shape index (κ1) is 22.1. The van der Waals surface area contributed by atoms with Gasteiger partial charge in [-0.25, -0.2) is 0 Å². The van der Waals surface area contributed by atoms with Crippen LogP contribution in [0.2, 0.25) is 0 Å². The summed E-state index contributed by atoms with van der Waals surface area (Å²) in [6, 6.07) is 25.1. The number of nitrogens with one attached hydrogen (secondary N) is 2. The number of methoxy groups -OCH3 is 1. The van der Waals surface area contributed by atoms with E-state index in [1.165, 1.54) is 11.6 Å². The molecule has 158 valence electrons. The van der Waals surface area contributed by atoms with Crippen LogP contribution in [0.15, 0.2) is 84.9 Å². The van der Waals surface area contributed by atoms with E-state index in [0.717, 1.165) is 23.4 Å². The minimum atomic E-state index is -0.335. The molecule has 6 heteroatoms. The fraction of sp³-hybridized carbons (Fsp3) is 0.120. The Labute approximate surface area is 187 Å². The second-order valence-electron chi connectivity index (χ2n) is 6.63. The van der Waals surface area contributed by atoms with E-state index in [4.69, 9.17) is 21.7 Å². The zero-order valence-corrected chi connectivity index (χ0v) is 18.0. The zero-order valence-electron chi connectivity index (χ0n) is 17.2. The highest BCUT2D eigenvalue weighted by Crippen LogP contribution is 2.19. The molecular weight excluding hydrogens is 408 g/mol. The Morgan fingerprint density at radius 1 is 1.00 bits per heavy atom. The largest absolute Gasteiger partial charge is 0.496 e. The third kappa shape index (κ3) is 7.28. The van der Waals surface area contributed by atoms with Crippen LogP contribution < -0.4 is 20.1 Å². The van der Waals surface area contributed by atoms with E-state index >= 15 is 0 Å². The standard InChI is InChI=1S/C25H24N2O3S/c1-29-23-13-6-5-10-20(23)14-15-24(28)27-25(31)26-21-11-7-12-22(18-21)30-17-16-19-8-3-2-4-9-19/h2-15,18H,16-17H2,1H3,(H2,26,27,28,31)/b15-14+. The SMILES string of the molecule is COc1ccccc1/C=C/C(=O)NC(=S)Nc1cccc(OCCc2ccccc2)c1. The Balaban J connectivity index is 1.49. The highest BCUT2D eigenvalue weighted by atomic mass is 32.1. The number of rotatable bonds is 8. The Hall–Kier alpha value is -3.64. The third-order valence-corrected chi connectivity index (χ3v) is 4.59. The maximum Gasteiger partial charge on any atom is 0.250 e. The van der Waals surface area contributed by atoms with E-state index in [2.05, 4.69) is 22.8 Å². The molecule has 0 aliphatic rings. The molecule has 0 atom stereocenters. The zero-order chi connectivity index (χ0) is 21.9. The molecule has 0 saturated heterocycles. The minimum Gasteiger partial charge on any atom is -0.496 e. The van der Waals surface area contributed by atoms with Crippen LogP contribution in [-0.4, -0.2) is 24.7 Å². The summed E-state index contributed by atoms with van der Waals surface area (Å²) >= 11 is 5.24. The van der Waals surface area contributed by atoms with Gasteiger partial charge in [-0.15, -0.1) is 0 Å². The van der Waals surface area contributed by atoms with Crippen molar-refractivity contribution in [2.75, 3.05) is 19.0 Å². The Kier molecular flexibility index (Phi) is 8.20. The number of thiocarbonyl (C=S) groups is 1. The van der Waals surface area contributed by atoms with Crippen molar-refractivity contribution in [3.8, 4) is 11.5 Å². The van der Waals surface area contributed by atoms with Gasteiger partial charge in [-0.2, -0.15) is 0 Å². The average Bonchev–Trinajstić information content (AvgIpc) is 2.79. The molecule has 5 nitrogen and oxygen atoms in total. The molecule has 0 heterocycles. The molecule has 0 bridgehead atoms. The molecule has 3 aromatic rings. The van der Waals surface area contributed by atoms with Crippen LogP contribution in [0.3, 0.4) is 0 Å². The lowest BCUT2D eigenvalue weighted by Crippen LogP contribution is -2.32. The van der Waals surface area contributed by atoms with Gasteiger partial charge in [0, 0.05) is 29.8 Å². The van der Waals surface area contributed by atoms with Crippen molar-refractivity contribution in [3.63, 3.8) is 0 Å². The molecule has 0 aromatic heterocycles. The van der Waals surface area contributed by atoms with Crippen LogP contribution >= 0.6 is 12.2 Å². The van der Waals surface area contributed by atoms with Crippen molar-refractivity contribution in [1.82, 2.24) is 5.32 Å². The number of ether oxygens (including phenoxy) is 2. The van der Waals surface area contributed by atoms with Gasteiger partial charge in [-0.1, -0.05) is 54.6 Å². The van der Waals surface area contributed by atoms with Crippen LogP contribution in [-0.2, 0) is 11.2 Å². The van der Waals surface area contributed by atoms with E-state index < -0.39 is 0 Å². The summed E-state index contributed by atoms with van der Waals surface area (Å²) in [5, 5.41) is 5.84. The van der Waals surface area contributed by atoms with Gasteiger partial charge in [0.25, 0.3) is 0 Å². The summed E-state index contributed by atoms with van der Waals surface area (Å²) in [5.41, 5.74) is 2.76. The van der Waals surface area contributed by atoms with Crippen LogP contribution in [0.1, 0.15) is 11.1 Å². The summed E-state index contributed by atoms with van der Waals surface area (Å²) in [7, 11) is 1.59. The van der Waals surface area contributed by atoms with E-state index in [0.29, 0.717) is 12.4 Å². The first-order chi connectivity index (χ1) is 15.1. The van der Waals surface area contributed by atoms with Crippen molar-refractivity contribution in [3.05, 3.63) is 96.1 Å². The normalized spacial score (nSPS) is 10.5. The molecule has 1 amide bonds. The maximum absolute atomic E-state index is 12.2. The molecule has 0 saturated carbocycles. The Morgan fingerprint density at radius 3 is 2.58 bits per heavy atom. The molecule has 0 spiro atoms. The van der Waals surface area contributed by atoms with E-state index in [1.807, 2.05) is 66.7 Å². The van der Waals surface area contributed by atoms with Crippen LogP contribution in [0.5, 0.6) is 11.5 Å². The molecule has 0 fully saturated rings. The van der Waals surface area contributed by atoms with Crippen LogP contribution in [0.4, 0.5) is 5.69 Å². The van der Waals surface area contributed by atoms with Crippen molar-refractivity contribution in [2.45, 2.75) is 6.42 Å². The average molecular weight is 433 g/mol. The van der Waals surface area contributed by atoms with Gasteiger partial charge in [-0.05, 0) is 42.1 Å². The number of benzene rings is 3. The quantitative estimate of drug-likeness (QED) is 0.394. The third-order valence-electron chi connectivity index (χ3n) is 4.38. The number of anilines is 1. The molecule has 0 unspecified atom stereocenters. The van der Waals surface area contributed by atoms with Gasteiger partial charge in [-0.3, -0.25) is 10.1 Å².